The molecule has 1 heterocycles. The molecule has 2 rings (SSSR count). The van der Waals surface area contributed by atoms with Crippen LogP contribution in [0, 0.1) is 17.3 Å². The molecule has 78 valence electrons. The van der Waals surface area contributed by atoms with E-state index in [-0.39, 0.29) is 17.9 Å². The Kier molecular flexibility index (Phi) is 2.13. The van der Waals surface area contributed by atoms with E-state index in [4.69, 9.17) is 0 Å². The Morgan fingerprint density at radius 3 is 2.57 bits per heavy atom. The molecule has 1 saturated carbocycles. The highest BCUT2D eigenvalue weighted by atomic mass is 16.6. The largest absolute Gasteiger partial charge is 0.393 e. The van der Waals surface area contributed by atoms with Crippen LogP contribution in [0.4, 0.5) is 0 Å². The lowest BCUT2D eigenvalue weighted by Crippen LogP contribution is -2.38. The Balaban J connectivity index is 2.23. The Labute approximate surface area is 83.8 Å². The number of esters is 2. The van der Waals surface area contributed by atoms with Gasteiger partial charge in [0.2, 0.25) is 0 Å². The van der Waals surface area contributed by atoms with Crippen molar-refractivity contribution in [3.63, 3.8) is 0 Å². The molecule has 1 aliphatic carbocycles. The van der Waals surface area contributed by atoms with E-state index in [1.54, 1.807) is 0 Å². The lowest BCUT2D eigenvalue weighted by atomic mass is 9.63. The second kappa shape index (κ2) is 3.07. The molecule has 0 N–H and O–H groups in total. The van der Waals surface area contributed by atoms with Gasteiger partial charge in [-0.1, -0.05) is 13.8 Å². The van der Waals surface area contributed by atoms with Crippen molar-refractivity contribution in [1.82, 2.24) is 0 Å². The third-order valence-corrected chi connectivity index (χ3v) is 3.86. The number of rotatable bonds is 0. The third-order valence-electron chi connectivity index (χ3n) is 3.86. The van der Waals surface area contributed by atoms with Gasteiger partial charge >= 0.3 is 11.9 Å². The summed E-state index contributed by atoms with van der Waals surface area (Å²) in [5, 5.41) is 0. The van der Waals surface area contributed by atoms with E-state index in [1.807, 2.05) is 0 Å². The predicted octanol–water partition coefficient (Wildman–Crippen LogP) is 1.90. The van der Waals surface area contributed by atoms with E-state index in [9.17, 15) is 9.59 Å². The van der Waals surface area contributed by atoms with Gasteiger partial charge in [0.1, 0.15) is 0 Å². The minimum atomic E-state index is -0.469. The van der Waals surface area contributed by atoms with Gasteiger partial charge in [0, 0.05) is 0 Å². The van der Waals surface area contributed by atoms with Crippen LogP contribution >= 0.6 is 0 Å². The molecule has 14 heavy (non-hydrogen) atoms. The van der Waals surface area contributed by atoms with Gasteiger partial charge in [-0.25, -0.2) is 0 Å². The van der Waals surface area contributed by atoms with Crippen LogP contribution in [0.1, 0.15) is 39.5 Å². The van der Waals surface area contributed by atoms with Crippen molar-refractivity contribution < 1.29 is 14.3 Å². The second-order valence-corrected chi connectivity index (χ2v) is 4.88. The summed E-state index contributed by atoms with van der Waals surface area (Å²) in [6.07, 6.45) is 3.19. The lowest BCUT2D eigenvalue weighted by molar-refractivity contribution is -0.157. The highest BCUT2D eigenvalue weighted by molar-refractivity contribution is 5.97. The van der Waals surface area contributed by atoms with Crippen molar-refractivity contribution in [3.05, 3.63) is 0 Å². The summed E-state index contributed by atoms with van der Waals surface area (Å²) in [6, 6.07) is 0. The van der Waals surface area contributed by atoms with Crippen LogP contribution in [0.3, 0.4) is 0 Å². The monoisotopic (exact) mass is 196 g/mol. The molecule has 0 aromatic rings. The molecule has 0 bridgehead atoms. The number of cyclic esters (lactones) is 2. The zero-order chi connectivity index (χ0) is 10.3. The van der Waals surface area contributed by atoms with Gasteiger partial charge in [-0.15, -0.1) is 0 Å². The Morgan fingerprint density at radius 2 is 2.07 bits per heavy atom. The fourth-order valence-electron chi connectivity index (χ4n) is 2.83. The Morgan fingerprint density at radius 1 is 1.36 bits per heavy atom. The molecular formula is C11H16O3. The van der Waals surface area contributed by atoms with E-state index in [2.05, 4.69) is 18.6 Å². The fourth-order valence-corrected chi connectivity index (χ4v) is 2.83. The van der Waals surface area contributed by atoms with Crippen molar-refractivity contribution >= 4 is 11.9 Å². The van der Waals surface area contributed by atoms with Gasteiger partial charge < -0.3 is 4.74 Å². The fraction of sp³-hybridized carbons (Fsp3) is 0.818. The zero-order valence-corrected chi connectivity index (χ0v) is 8.71. The maximum absolute atomic E-state index is 11.6. The maximum Gasteiger partial charge on any atom is 0.320 e. The molecule has 0 amide bonds. The molecule has 1 aliphatic heterocycles. The molecule has 0 radical (unpaired) electrons. The van der Waals surface area contributed by atoms with Crippen LogP contribution in [0.2, 0.25) is 0 Å². The predicted molar refractivity (Wildman–Crippen MR) is 50.3 cm³/mol. The standard InChI is InChI=1S/C11H16O3/c1-7-3-4-11(8(2)5-7)6-9(12)14-10(11)13/h7-8H,3-6H2,1-2H3. The van der Waals surface area contributed by atoms with Crippen LogP contribution in [-0.4, -0.2) is 11.9 Å². The second-order valence-electron chi connectivity index (χ2n) is 4.88. The molecule has 0 aromatic carbocycles. The summed E-state index contributed by atoms with van der Waals surface area (Å²) in [5.41, 5.74) is -0.469. The minimum absolute atomic E-state index is 0.276. The van der Waals surface area contributed by atoms with Crippen molar-refractivity contribution in [2.45, 2.75) is 39.5 Å². The summed E-state index contributed by atoms with van der Waals surface area (Å²) >= 11 is 0. The van der Waals surface area contributed by atoms with E-state index < -0.39 is 5.41 Å². The molecular weight excluding hydrogens is 180 g/mol. The number of ether oxygens (including phenoxy) is 1. The topological polar surface area (TPSA) is 43.4 Å². The van der Waals surface area contributed by atoms with Crippen molar-refractivity contribution in [1.29, 1.82) is 0 Å². The van der Waals surface area contributed by atoms with Gasteiger partial charge in [-0.05, 0) is 31.1 Å². The molecule has 2 aliphatic rings. The van der Waals surface area contributed by atoms with Gasteiger partial charge in [-0.2, -0.15) is 0 Å². The van der Waals surface area contributed by atoms with Crippen LogP contribution in [0.15, 0.2) is 0 Å². The molecule has 3 unspecified atom stereocenters. The maximum atomic E-state index is 11.6. The average molecular weight is 196 g/mol. The highest BCUT2D eigenvalue weighted by Gasteiger charge is 2.54. The first-order chi connectivity index (χ1) is 6.54. The number of carbonyl (C=O) groups is 2. The Hall–Kier alpha value is -0.860. The molecule has 0 aromatic heterocycles. The third kappa shape index (κ3) is 1.26. The zero-order valence-electron chi connectivity index (χ0n) is 8.71. The first-order valence-electron chi connectivity index (χ1n) is 5.30. The molecule has 1 spiro atoms. The summed E-state index contributed by atoms with van der Waals surface area (Å²) in [7, 11) is 0. The van der Waals surface area contributed by atoms with E-state index >= 15 is 0 Å². The summed E-state index contributed by atoms with van der Waals surface area (Å²) in [5.74, 6) is 0.336. The van der Waals surface area contributed by atoms with Crippen molar-refractivity contribution in [3.8, 4) is 0 Å². The summed E-state index contributed by atoms with van der Waals surface area (Å²) < 4.78 is 4.68. The van der Waals surface area contributed by atoms with Crippen LogP contribution < -0.4 is 0 Å². The van der Waals surface area contributed by atoms with E-state index in [0.29, 0.717) is 12.3 Å². The normalized spacial score (nSPS) is 43.0. The number of hydrogen-bond acceptors (Lipinski definition) is 3. The SMILES string of the molecule is CC1CCC2(CC(=O)OC2=O)C(C)C1. The van der Waals surface area contributed by atoms with E-state index in [1.165, 1.54) is 0 Å². The first kappa shape index (κ1) is 9.69. The summed E-state index contributed by atoms with van der Waals surface area (Å²) in [4.78, 5) is 22.7. The van der Waals surface area contributed by atoms with Crippen LogP contribution in [-0.2, 0) is 14.3 Å². The van der Waals surface area contributed by atoms with Gasteiger partial charge in [0.05, 0.1) is 11.8 Å². The average Bonchev–Trinajstić information content (AvgIpc) is 2.37. The molecule has 2 fully saturated rings. The first-order valence-corrected chi connectivity index (χ1v) is 5.30. The van der Waals surface area contributed by atoms with Crippen molar-refractivity contribution in [2.24, 2.45) is 17.3 Å². The number of hydrogen-bond donors (Lipinski definition) is 0. The van der Waals surface area contributed by atoms with Gasteiger partial charge in [0.15, 0.2) is 0 Å². The molecule has 3 atom stereocenters. The highest BCUT2D eigenvalue weighted by Crippen LogP contribution is 2.49. The van der Waals surface area contributed by atoms with Crippen LogP contribution in [0.5, 0.6) is 0 Å². The Bertz CT molecular complexity index is 284. The van der Waals surface area contributed by atoms with Gasteiger partial charge in [0.25, 0.3) is 0 Å². The quantitative estimate of drug-likeness (QED) is 0.439. The smallest absolute Gasteiger partial charge is 0.320 e. The molecule has 1 saturated heterocycles. The minimum Gasteiger partial charge on any atom is -0.393 e. The lowest BCUT2D eigenvalue weighted by Gasteiger charge is -2.37. The molecule has 3 nitrogen and oxygen atoms in total. The van der Waals surface area contributed by atoms with Gasteiger partial charge in [-0.3, -0.25) is 9.59 Å². The van der Waals surface area contributed by atoms with Crippen LogP contribution in [0.25, 0.3) is 0 Å². The number of carbonyl (C=O) groups excluding carboxylic acids is 2. The van der Waals surface area contributed by atoms with Crippen molar-refractivity contribution in [2.75, 3.05) is 0 Å². The molecule has 3 heteroatoms. The van der Waals surface area contributed by atoms with E-state index in [0.717, 1.165) is 19.3 Å². The summed E-state index contributed by atoms with van der Waals surface area (Å²) in [6.45, 7) is 4.26.